The van der Waals surface area contributed by atoms with E-state index in [0.29, 0.717) is 6.42 Å². The van der Waals surface area contributed by atoms with E-state index in [2.05, 4.69) is 4.98 Å². The molecule has 1 unspecified atom stereocenters. The summed E-state index contributed by atoms with van der Waals surface area (Å²) in [6.45, 7) is 0.121. The van der Waals surface area contributed by atoms with Crippen molar-refractivity contribution < 1.29 is 5.11 Å². The van der Waals surface area contributed by atoms with E-state index in [-0.39, 0.29) is 37.5 Å². The molecule has 0 spiro atoms. The van der Waals surface area contributed by atoms with Crippen LogP contribution < -0.4 is 5.73 Å². The minimum absolute atomic E-state index is 0. The Morgan fingerprint density at radius 1 is 1.46 bits per heavy atom. The standard InChI is InChI=1S/C8H12N2O.2ClH/c9-8(3-5-11)7-2-1-4-10-6-7;;/h1-2,4,6,8,11H,3,5,9H2;2*1H. The lowest BCUT2D eigenvalue weighted by Crippen LogP contribution is -2.11. The Morgan fingerprint density at radius 2 is 2.15 bits per heavy atom. The highest BCUT2D eigenvalue weighted by Gasteiger charge is 2.02. The van der Waals surface area contributed by atoms with Gasteiger partial charge in [-0.25, -0.2) is 0 Å². The summed E-state index contributed by atoms with van der Waals surface area (Å²) < 4.78 is 0. The van der Waals surface area contributed by atoms with Gasteiger partial charge in [-0.3, -0.25) is 4.98 Å². The Morgan fingerprint density at radius 3 is 2.62 bits per heavy atom. The Hall–Kier alpha value is -0.350. The van der Waals surface area contributed by atoms with Gasteiger partial charge in [0.05, 0.1) is 0 Å². The molecule has 0 bridgehead atoms. The molecule has 0 radical (unpaired) electrons. The number of halogens is 2. The number of hydrogen-bond donors (Lipinski definition) is 2. The lowest BCUT2D eigenvalue weighted by molar-refractivity contribution is 0.276. The third-order valence-electron chi connectivity index (χ3n) is 1.55. The Kier molecular flexibility index (Phi) is 9.61. The predicted molar refractivity (Wildman–Crippen MR) is 57.4 cm³/mol. The topological polar surface area (TPSA) is 59.1 Å². The van der Waals surface area contributed by atoms with Gasteiger partial charge in [-0.05, 0) is 18.1 Å². The van der Waals surface area contributed by atoms with E-state index in [1.54, 1.807) is 12.4 Å². The maximum atomic E-state index is 8.60. The first-order chi connectivity index (χ1) is 5.34. The van der Waals surface area contributed by atoms with Crippen LogP contribution in [0.2, 0.25) is 0 Å². The minimum Gasteiger partial charge on any atom is -0.396 e. The maximum absolute atomic E-state index is 8.60. The zero-order valence-electron chi connectivity index (χ0n) is 7.09. The summed E-state index contributed by atoms with van der Waals surface area (Å²) in [5.41, 5.74) is 6.68. The van der Waals surface area contributed by atoms with Crippen LogP contribution in [0.4, 0.5) is 0 Å². The second-order valence-corrected chi connectivity index (χ2v) is 2.41. The first-order valence-corrected chi connectivity index (χ1v) is 3.61. The largest absolute Gasteiger partial charge is 0.396 e. The second-order valence-electron chi connectivity index (χ2n) is 2.41. The van der Waals surface area contributed by atoms with Crippen LogP contribution in [0, 0.1) is 0 Å². The van der Waals surface area contributed by atoms with Crippen molar-refractivity contribution in [3.05, 3.63) is 30.1 Å². The van der Waals surface area contributed by atoms with E-state index < -0.39 is 0 Å². The van der Waals surface area contributed by atoms with Gasteiger partial charge in [0.25, 0.3) is 0 Å². The third kappa shape index (κ3) is 5.05. The third-order valence-corrected chi connectivity index (χ3v) is 1.55. The highest BCUT2D eigenvalue weighted by molar-refractivity contribution is 5.85. The zero-order valence-corrected chi connectivity index (χ0v) is 8.72. The first-order valence-electron chi connectivity index (χ1n) is 3.61. The van der Waals surface area contributed by atoms with Gasteiger partial charge in [-0.1, -0.05) is 6.07 Å². The molecule has 0 aliphatic heterocycles. The van der Waals surface area contributed by atoms with E-state index in [1.807, 2.05) is 12.1 Å². The molecule has 3 nitrogen and oxygen atoms in total. The lowest BCUT2D eigenvalue weighted by Gasteiger charge is -2.08. The quantitative estimate of drug-likeness (QED) is 0.815. The van der Waals surface area contributed by atoms with Crippen molar-refractivity contribution in [1.82, 2.24) is 4.98 Å². The molecule has 5 heteroatoms. The molecule has 3 N–H and O–H groups in total. The van der Waals surface area contributed by atoms with Crippen molar-refractivity contribution in [2.24, 2.45) is 5.73 Å². The number of aliphatic hydroxyl groups is 1. The molecule has 76 valence electrons. The summed E-state index contributed by atoms with van der Waals surface area (Å²) in [5.74, 6) is 0. The van der Waals surface area contributed by atoms with Crippen LogP contribution in [0.3, 0.4) is 0 Å². The smallest absolute Gasteiger partial charge is 0.0449 e. The van der Waals surface area contributed by atoms with Gasteiger partial charge in [0.2, 0.25) is 0 Å². The van der Waals surface area contributed by atoms with Crippen LogP contribution in [0.5, 0.6) is 0 Å². The molecule has 0 amide bonds. The van der Waals surface area contributed by atoms with Crippen LogP contribution in [0.15, 0.2) is 24.5 Å². The molecule has 0 saturated carbocycles. The van der Waals surface area contributed by atoms with Crippen molar-refractivity contribution in [1.29, 1.82) is 0 Å². The van der Waals surface area contributed by atoms with Crippen LogP contribution >= 0.6 is 24.8 Å². The van der Waals surface area contributed by atoms with Crippen molar-refractivity contribution in [2.75, 3.05) is 6.61 Å². The average molecular weight is 225 g/mol. The van der Waals surface area contributed by atoms with Crippen LogP contribution in [-0.4, -0.2) is 16.7 Å². The molecule has 1 aromatic heterocycles. The van der Waals surface area contributed by atoms with Crippen LogP contribution in [0.25, 0.3) is 0 Å². The van der Waals surface area contributed by atoms with Gasteiger partial charge in [0.15, 0.2) is 0 Å². The number of hydrogen-bond acceptors (Lipinski definition) is 3. The Bertz CT molecular complexity index is 209. The molecular formula is C8H14Cl2N2O. The first kappa shape index (κ1) is 15.1. The number of nitrogens with two attached hydrogens (primary N) is 1. The summed E-state index contributed by atoms with van der Waals surface area (Å²) in [7, 11) is 0. The number of nitrogens with zero attached hydrogens (tertiary/aromatic N) is 1. The summed E-state index contributed by atoms with van der Waals surface area (Å²) in [5, 5.41) is 8.60. The average Bonchev–Trinajstić information content (AvgIpc) is 2.07. The monoisotopic (exact) mass is 224 g/mol. The van der Waals surface area contributed by atoms with Gasteiger partial charge >= 0.3 is 0 Å². The molecule has 13 heavy (non-hydrogen) atoms. The van der Waals surface area contributed by atoms with Crippen molar-refractivity contribution in [3.63, 3.8) is 0 Å². The number of aromatic nitrogens is 1. The summed E-state index contributed by atoms with van der Waals surface area (Å²) in [6, 6.07) is 3.66. The maximum Gasteiger partial charge on any atom is 0.0449 e. The van der Waals surface area contributed by atoms with Crippen molar-refractivity contribution in [2.45, 2.75) is 12.5 Å². The fraction of sp³-hybridized carbons (Fsp3) is 0.375. The summed E-state index contributed by atoms with van der Waals surface area (Å²) in [4.78, 5) is 3.93. The molecule has 0 aromatic carbocycles. The molecule has 1 atom stereocenters. The van der Waals surface area contributed by atoms with E-state index in [1.165, 1.54) is 0 Å². The number of pyridine rings is 1. The second kappa shape index (κ2) is 8.26. The molecule has 1 heterocycles. The molecule has 0 fully saturated rings. The van der Waals surface area contributed by atoms with Gasteiger partial charge in [-0.15, -0.1) is 24.8 Å². The molecule has 0 aliphatic carbocycles. The van der Waals surface area contributed by atoms with Gasteiger partial charge in [-0.2, -0.15) is 0 Å². The van der Waals surface area contributed by atoms with Crippen LogP contribution in [0.1, 0.15) is 18.0 Å². The number of aliphatic hydroxyl groups excluding tert-OH is 1. The Labute approximate surface area is 90.2 Å². The van der Waals surface area contributed by atoms with E-state index in [4.69, 9.17) is 10.8 Å². The molecule has 1 rings (SSSR count). The lowest BCUT2D eigenvalue weighted by atomic mass is 10.1. The van der Waals surface area contributed by atoms with Gasteiger partial charge in [0.1, 0.15) is 0 Å². The van der Waals surface area contributed by atoms with Gasteiger partial charge in [0, 0.05) is 25.0 Å². The van der Waals surface area contributed by atoms with Crippen LogP contribution in [-0.2, 0) is 0 Å². The van der Waals surface area contributed by atoms with E-state index in [0.717, 1.165) is 5.56 Å². The van der Waals surface area contributed by atoms with E-state index >= 15 is 0 Å². The van der Waals surface area contributed by atoms with E-state index in [9.17, 15) is 0 Å². The van der Waals surface area contributed by atoms with Crippen molar-refractivity contribution in [3.8, 4) is 0 Å². The number of rotatable bonds is 3. The highest BCUT2D eigenvalue weighted by Crippen LogP contribution is 2.10. The normalized spacial score (nSPS) is 10.9. The SMILES string of the molecule is Cl.Cl.NC(CCO)c1cccnc1. The zero-order chi connectivity index (χ0) is 8.10. The summed E-state index contributed by atoms with van der Waals surface area (Å²) in [6.07, 6.45) is 4.02. The van der Waals surface area contributed by atoms with Crippen molar-refractivity contribution >= 4 is 24.8 Å². The predicted octanol–water partition coefficient (Wildman–Crippen LogP) is 1.31. The highest BCUT2D eigenvalue weighted by atomic mass is 35.5. The minimum atomic E-state index is -0.0892. The molecule has 1 aromatic rings. The molecule has 0 saturated heterocycles. The van der Waals surface area contributed by atoms with Gasteiger partial charge < -0.3 is 10.8 Å². The molecular weight excluding hydrogens is 211 g/mol. The fourth-order valence-electron chi connectivity index (χ4n) is 0.901. The Balaban J connectivity index is 0. The summed E-state index contributed by atoms with van der Waals surface area (Å²) >= 11 is 0. The molecule has 0 aliphatic rings. The fourth-order valence-corrected chi connectivity index (χ4v) is 0.901.